The third-order valence-electron chi connectivity index (χ3n) is 3.21. The SMILES string of the molecule is Nc1ccc(F)c(C(=O)NCCC2CCOC2)c1F. The summed E-state index contributed by atoms with van der Waals surface area (Å²) in [6.45, 7) is 1.77. The van der Waals surface area contributed by atoms with Gasteiger partial charge in [-0.3, -0.25) is 4.79 Å². The van der Waals surface area contributed by atoms with Crippen molar-refractivity contribution in [3.63, 3.8) is 0 Å². The van der Waals surface area contributed by atoms with Crippen molar-refractivity contribution in [1.29, 1.82) is 0 Å². The zero-order chi connectivity index (χ0) is 13.8. The summed E-state index contributed by atoms with van der Waals surface area (Å²) in [7, 11) is 0. The third-order valence-corrected chi connectivity index (χ3v) is 3.21. The van der Waals surface area contributed by atoms with Crippen molar-refractivity contribution in [3.05, 3.63) is 29.3 Å². The van der Waals surface area contributed by atoms with Crippen LogP contribution >= 0.6 is 0 Å². The number of ether oxygens (including phenoxy) is 1. The predicted molar refractivity (Wildman–Crippen MR) is 66.6 cm³/mol. The lowest BCUT2D eigenvalue weighted by Gasteiger charge is -2.10. The van der Waals surface area contributed by atoms with E-state index >= 15 is 0 Å². The fourth-order valence-corrected chi connectivity index (χ4v) is 2.07. The Hall–Kier alpha value is -1.69. The van der Waals surface area contributed by atoms with Gasteiger partial charge in [0.1, 0.15) is 11.4 Å². The maximum absolute atomic E-state index is 13.6. The van der Waals surface area contributed by atoms with E-state index < -0.39 is 23.1 Å². The molecule has 0 aliphatic carbocycles. The molecular weight excluding hydrogens is 254 g/mol. The lowest BCUT2D eigenvalue weighted by Crippen LogP contribution is -2.28. The molecule has 0 bridgehead atoms. The molecule has 1 saturated heterocycles. The monoisotopic (exact) mass is 270 g/mol. The van der Waals surface area contributed by atoms with Gasteiger partial charge in [0.25, 0.3) is 5.91 Å². The molecule has 3 N–H and O–H groups in total. The van der Waals surface area contributed by atoms with E-state index in [1.807, 2.05) is 0 Å². The van der Waals surface area contributed by atoms with Gasteiger partial charge in [-0.25, -0.2) is 8.78 Å². The van der Waals surface area contributed by atoms with Gasteiger partial charge >= 0.3 is 0 Å². The second-order valence-electron chi connectivity index (χ2n) is 4.60. The number of anilines is 1. The van der Waals surface area contributed by atoms with Gasteiger partial charge in [0, 0.05) is 19.8 Å². The summed E-state index contributed by atoms with van der Waals surface area (Å²) in [6.07, 6.45) is 1.69. The molecule has 0 radical (unpaired) electrons. The van der Waals surface area contributed by atoms with Crippen LogP contribution in [0.4, 0.5) is 14.5 Å². The van der Waals surface area contributed by atoms with Crippen LogP contribution in [-0.4, -0.2) is 25.7 Å². The van der Waals surface area contributed by atoms with E-state index in [0.29, 0.717) is 19.1 Å². The number of carbonyl (C=O) groups is 1. The molecule has 19 heavy (non-hydrogen) atoms. The standard InChI is InChI=1S/C13H16F2N2O2/c14-9-1-2-10(16)12(15)11(9)13(18)17-5-3-8-4-6-19-7-8/h1-2,8H,3-7,16H2,(H,17,18). The van der Waals surface area contributed by atoms with Crippen molar-refractivity contribution in [2.75, 3.05) is 25.5 Å². The van der Waals surface area contributed by atoms with Crippen LogP contribution in [0, 0.1) is 17.6 Å². The molecule has 0 aromatic heterocycles. The first-order valence-electron chi connectivity index (χ1n) is 6.19. The van der Waals surface area contributed by atoms with E-state index in [4.69, 9.17) is 10.5 Å². The largest absolute Gasteiger partial charge is 0.396 e. The number of carbonyl (C=O) groups excluding carboxylic acids is 1. The summed E-state index contributed by atoms with van der Waals surface area (Å²) >= 11 is 0. The smallest absolute Gasteiger partial charge is 0.257 e. The van der Waals surface area contributed by atoms with Crippen LogP contribution in [0.5, 0.6) is 0 Å². The Morgan fingerprint density at radius 2 is 2.26 bits per heavy atom. The van der Waals surface area contributed by atoms with Gasteiger partial charge in [-0.2, -0.15) is 0 Å². The second-order valence-corrected chi connectivity index (χ2v) is 4.60. The summed E-state index contributed by atoms with van der Waals surface area (Å²) in [5.74, 6) is -2.30. The number of nitrogens with one attached hydrogen (secondary N) is 1. The predicted octanol–water partition coefficient (Wildman–Crippen LogP) is 1.70. The van der Waals surface area contributed by atoms with Gasteiger partial charge in [-0.1, -0.05) is 0 Å². The zero-order valence-corrected chi connectivity index (χ0v) is 10.4. The quantitative estimate of drug-likeness (QED) is 0.818. The molecule has 0 spiro atoms. The highest BCUT2D eigenvalue weighted by Crippen LogP contribution is 2.19. The van der Waals surface area contributed by atoms with Crippen LogP contribution in [0.2, 0.25) is 0 Å². The topological polar surface area (TPSA) is 64.4 Å². The average Bonchev–Trinajstić information content (AvgIpc) is 2.87. The number of nitrogens with two attached hydrogens (primary N) is 1. The van der Waals surface area contributed by atoms with Crippen molar-refractivity contribution < 1.29 is 18.3 Å². The number of rotatable bonds is 4. The van der Waals surface area contributed by atoms with Crippen molar-refractivity contribution in [2.45, 2.75) is 12.8 Å². The minimum absolute atomic E-state index is 0.240. The second kappa shape index (κ2) is 5.97. The van der Waals surface area contributed by atoms with Crippen LogP contribution < -0.4 is 11.1 Å². The summed E-state index contributed by atoms with van der Waals surface area (Å²) in [6, 6.07) is 2.08. The van der Waals surface area contributed by atoms with Crippen LogP contribution in [0.3, 0.4) is 0 Å². The number of hydrogen-bond donors (Lipinski definition) is 2. The molecule has 1 fully saturated rings. The molecule has 0 saturated carbocycles. The Kier molecular flexibility index (Phi) is 4.31. The van der Waals surface area contributed by atoms with Crippen molar-refractivity contribution in [1.82, 2.24) is 5.32 Å². The fraction of sp³-hybridized carbons (Fsp3) is 0.462. The maximum Gasteiger partial charge on any atom is 0.257 e. The van der Waals surface area contributed by atoms with Gasteiger partial charge < -0.3 is 15.8 Å². The number of amides is 1. The van der Waals surface area contributed by atoms with Gasteiger partial charge in [0.15, 0.2) is 5.82 Å². The number of hydrogen-bond acceptors (Lipinski definition) is 3. The minimum atomic E-state index is -1.01. The molecule has 1 aliphatic heterocycles. The lowest BCUT2D eigenvalue weighted by atomic mass is 10.1. The van der Waals surface area contributed by atoms with E-state index in [9.17, 15) is 13.6 Å². The highest BCUT2D eigenvalue weighted by Gasteiger charge is 2.20. The number of benzene rings is 1. The van der Waals surface area contributed by atoms with E-state index in [1.165, 1.54) is 0 Å². The molecule has 4 nitrogen and oxygen atoms in total. The molecule has 1 amide bonds. The van der Waals surface area contributed by atoms with Crippen molar-refractivity contribution in [3.8, 4) is 0 Å². The first kappa shape index (κ1) is 13.7. The molecule has 2 rings (SSSR count). The van der Waals surface area contributed by atoms with Crippen LogP contribution in [0.1, 0.15) is 23.2 Å². The van der Waals surface area contributed by atoms with Gasteiger partial charge in [0.2, 0.25) is 0 Å². The molecule has 104 valence electrons. The number of nitrogen functional groups attached to an aromatic ring is 1. The first-order valence-corrected chi connectivity index (χ1v) is 6.19. The molecule has 1 unspecified atom stereocenters. The third kappa shape index (κ3) is 3.20. The molecule has 1 atom stereocenters. The van der Waals surface area contributed by atoms with E-state index in [1.54, 1.807) is 0 Å². The Morgan fingerprint density at radius 1 is 1.47 bits per heavy atom. The molecule has 1 aliphatic rings. The Bertz CT molecular complexity index is 474. The first-order chi connectivity index (χ1) is 9.09. The van der Waals surface area contributed by atoms with Crippen molar-refractivity contribution >= 4 is 11.6 Å². The van der Waals surface area contributed by atoms with Gasteiger partial charge in [-0.05, 0) is 30.9 Å². The van der Waals surface area contributed by atoms with Crippen LogP contribution in [0.15, 0.2) is 12.1 Å². The van der Waals surface area contributed by atoms with E-state index in [-0.39, 0.29) is 5.69 Å². The summed E-state index contributed by atoms with van der Waals surface area (Å²) in [5, 5.41) is 2.50. The highest BCUT2D eigenvalue weighted by molar-refractivity contribution is 5.95. The maximum atomic E-state index is 13.6. The van der Waals surface area contributed by atoms with E-state index in [2.05, 4.69) is 5.32 Å². The normalized spacial score (nSPS) is 18.5. The van der Waals surface area contributed by atoms with Crippen LogP contribution in [0.25, 0.3) is 0 Å². The van der Waals surface area contributed by atoms with Crippen molar-refractivity contribution in [2.24, 2.45) is 5.92 Å². The summed E-state index contributed by atoms with van der Waals surface area (Å²) in [5.41, 5.74) is 4.45. The Balaban J connectivity index is 1.94. The van der Waals surface area contributed by atoms with E-state index in [0.717, 1.165) is 31.6 Å². The number of halogens is 2. The average molecular weight is 270 g/mol. The molecule has 1 heterocycles. The summed E-state index contributed by atoms with van der Waals surface area (Å²) in [4.78, 5) is 11.7. The Labute approximate surface area is 109 Å². The minimum Gasteiger partial charge on any atom is -0.396 e. The van der Waals surface area contributed by atoms with Crippen LogP contribution in [-0.2, 0) is 4.74 Å². The van der Waals surface area contributed by atoms with Gasteiger partial charge in [0.05, 0.1) is 5.69 Å². The molecule has 1 aromatic rings. The zero-order valence-electron chi connectivity index (χ0n) is 10.4. The summed E-state index contributed by atoms with van der Waals surface area (Å²) < 4.78 is 32.2. The Morgan fingerprint density at radius 3 is 2.95 bits per heavy atom. The molecular formula is C13H16F2N2O2. The molecule has 6 heteroatoms. The molecule has 1 aromatic carbocycles. The lowest BCUT2D eigenvalue weighted by molar-refractivity contribution is 0.0942. The highest BCUT2D eigenvalue weighted by atomic mass is 19.1. The fourth-order valence-electron chi connectivity index (χ4n) is 2.07. The van der Waals surface area contributed by atoms with Gasteiger partial charge in [-0.15, -0.1) is 0 Å².